The number of hydrogen-bond acceptors (Lipinski definition) is 4. The molecule has 3 aromatic rings. The molecule has 3 rings (SSSR count). The molecule has 0 atom stereocenters. The number of rotatable bonds is 10. The predicted octanol–water partition coefficient (Wildman–Crippen LogP) is 6.34. The highest BCUT2D eigenvalue weighted by molar-refractivity contribution is 6.35. The van der Waals surface area contributed by atoms with Gasteiger partial charge < -0.3 is 19.5 Å². The average molecular weight is 483 g/mol. The van der Waals surface area contributed by atoms with Crippen LogP contribution in [0.25, 0.3) is 0 Å². The topological polar surface area (TPSA) is 39.7 Å². The molecular formula is C24H26Cl3NO3. The van der Waals surface area contributed by atoms with E-state index >= 15 is 0 Å². The van der Waals surface area contributed by atoms with Gasteiger partial charge in [-0.15, -0.1) is 12.4 Å². The molecule has 1 N–H and O–H groups in total. The lowest BCUT2D eigenvalue weighted by Crippen LogP contribution is -2.16. The molecule has 0 fully saturated rings. The van der Waals surface area contributed by atoms with Gasteiger partial charge in [0.2, 0.25) is 0 Å². The first-order chi connectivity index (χ1) is 14.6. The molecule has 0 amide bonds. The molecule has 0 aromatic heterocycles. The summed E-state index contributed by atoms with van der Waals surface area (Å²) in [5.74, 6) is 2.20. The Balaban J connectivity index is 0.00000341. The minimum Gasteiger partial charge on any atom is -0.497 e. The molecular weight excluding hydrogens is 457 g/mol. The maximum absolute atomic E-state index is 6.21. The van der Waals surface area contributed by atoms with E-state index in [9.17, 15) is 0 Å². The van der Waals surface area contributed by atoms with E-state index in [-0.39, 0.29) is 19.0 Å². The van der Waals surface area contributed by atoms with E-state index in [1.807, 2.05) is 36.4 Å². The minimum absolute atomic E-state index is 0. The van der Waals surface area contributed by atoms with Gasteiger partial charge in [-0.3, -0.25) is 0 Å². The number of ether oxygens (including phenoxy) is 3. The van der Waals surface area contributed by atoms with Gasteiger partial charge in [0, 0.05) is 22.2 Å². The van der Waals surface area contributed by atoms with Gasteiger partial charge in [0.1, 0.15) is 12.4 Å². The zero-order valence-corrected chi connectivity index (χ0v) is 19.8. The smallest absolute Gasteiger partial charge is 0.161 e. The van der Waals surface area contributed by atoms with E-state index in [4.69, 9.17) is 37.4 Å². The van der Waals surface area contributed by atoms with Crippen LogP contribution in [0.3, 0.4) is 0 Å². The molecule has 3 aromatic carbocycles. The first-order valence-electron chi connectivity index (χ1n) is 9.67. The molecule has 0 radical (unpaired) electrons. The Morgan fingerprint density at radius 2 is 1.48 bits per heavy atom. The highest BCUT2D eigenvalue weighted by Crippen LogP contribution is 2.31. The summed E-state index contributed by atoms with van der Waals surface area (Å²) in [6.45, 7) is 1.88. The van der Waals surface area contributed by atoms with Crippen LogP contribution in [0.2, 0.25) is 10.0 Å². The van der Waals surface area contributed by atoms with Crippen LogP contribution in [-0.2, 0) is 19.6 Å². The van der Waals surface area contributed by atoms with Crippen molar-refractivity contribution >= 4 is 35.6 Å². The number of nitrogens with one attached hydrogen (secondary N) is 1. The van der Waals surface area contributed by atoms with Gasteiger partial charge in [-0.05, 0) is 60.5 Å². The molecule has 31 heavy (non-hydrogen) atoms. The molecule has 0 bridgehead atoms. The van der Waals surface area contributed by atoms with E-state index in [1.54, 1.807) is 26.4 Å². The van der Waals surface area contributed by atoms with E-state index in [1.165, 1.54) is 5.56 Å². The Kier molecular flexibility index (Phi) is 10.3. The third-order valence-corrected chi connectivity index (χ3v) is 5.45. The van der Waals surface area contributed by atoms with Crippen molar-refractivity contribution in [1.82, 2.24) is 5.32 Å². The summed E-state index contributed by atoms with van der Waals surface area (Å²) in [5.41, 5.74) is 3.14. The lowest BCUT2D eigenvalue weighted by molar-refractivity contribution is 0.284. The molecule has 7 heteroatoms. The predicted molar refractivity (Wildman–Crippen MR) is 129 cm³/mol. The normalized spacial score (nSPS) is 10.3. The van der Waals surface area contributed by atoms with Crippen molar-refractivity contribution in [1.29, 1.82) is 0 Å². The van der Waals surface area contributed by atoms with Gasteiger partial charge in [0.15, 0.2) is 11.5 Å². The third kappa shape index (κ3) is 7.22. The van der Waals surface area contributed by atoms with Crippen LogP contribution in [0, 0.1) is 0 Å². The first-order valence-corrected chi connectivity index (χ1v) is 10.4. The SMILES string of the molecule is COc1ccc(CCNCc2ccc(OCc3c(Cl)cccc3Cl)c(OC)c2)cc1.Cl. The molecule has 0 saturated heterocycles. The second kappa shape index (κ2) is 12.7. The largest absolute Gasteiger partial charge is 0.497 e. The number of hydrogen-bond donors (Lipinski definition) is 1. The summed E-state index contributed by atoms with van der Waals surface area (Å²) in [4.78, 5) is 0. The summed E-state index contributed by atoms with van der Waals surface area (Å²) in [6, 6.07) is 19.4. The lowest BCUT2D eigenvalue weighted by Gasteiger charge is -2.14. The second-order valence-electron chi connectivity index (χ2n) is 6.75. The first kappa shape index (κ1) is 25.2. The maximum Gasteiger partial charge on any atom is 0.161 e. The highest BCUT2D eigenvalue weighted by atomic mass is 35.5. The van der Waals surface area contributed by atoms with Crippen molar-refractivity contribution in [3.8, 4) is 17.2 Å². The van der Waals surface area contributed by atoms with Gasteiger partial charge >= 0.3 is 0 Å². The fourth-order valence-corrected chi connectivity index (χ4v) is 3.53. The van der Waals surface area contributed by atoms with Gasteiger partial charge in [-0.2, -0.15) is 0 Å². The summed E-state index contributed by atoms with van der Waals surface area (Å²) in [7, 11) is 3.30. The quantitative estimate of drug-likeness (QED) is 0.342. The monoisotopic (exact) mass is 481 g/mol. The second-order valence-corrected chi connectivity index (χ2v) is 7.56. The molecule has 166 valence electrons. The highest BCUT2D eigenvalue weighted by Gasteiger charge is 2.10. The summed E-state index contributed by atoms with van der Waals surface area (Å²) >= 11 is 12.4. The van der Waals surface area contributed by atoms with Crippen LogP contribution in [0.15, 0.2) is 60.7 Å². The van der Waals surface area contributed by atoms with Crippen LogP contribution in [0.4, 0.5) is 0 Å². The van der Waals surface area contributed by atoms with Crippen LogP contribution in [0.1, 0.15) is 16.7 Å². The average Bonchev–Trinajstić information content (AvgIpc) is 2.77. The molecule has 4 nitrogen and oxygen atoms in total. The van der Waals surface area contributed by atoms with Crippen molar-refractivity contribution < 1.29 is 14.2 Å². The van der Waals surface area contributed by atoms with Crippen molar-refractivity contribution in [2.75, 3.05) is 20.8 Å². The van der Waals surface area contributed by atoms with Crippen LogP contribution in [0.5, 0.6) is 17.2 Å². The van der Waals surface area contributed by atoms with Gasteiger partial charge in [-0.1, -0.05) is 47.5 Å². The van der Waals surface area contributed by atoms with Crippen molar-refractivity contribution in [2.45, 2.75) is 19.6 Å². The zero-order valence-electron chi connectivity index (χ0n) is 17.5. The Morgan fingerprint density at radius 3 is 2.13 bits per heavy atom. The van der Waals surface area contributed by atoms with Crippen LogP contribution >= 0.6 is 35.6 Å². The maximum atomic E-state index is 6.21. The molecule has 0 unspecified atom stereocenters. The van der Waals surface area contributed by atoms with Crippen LogP contribution < -0.4 is 19.5 Å². The van der Waals surface area contributed by atoms with E-state index in [0.717, 1.165) is 36.4 Å². The summed E-state index contributed by atoms with van der Waals surface area (Å²) < 4.78 is 16.6. The summed E-state index contributed by atoms with van der Waals surface area (Å²) in [6.07, 6.45) is 0.945. The van der Waals surface area contributed by atoms with Gasteiger partial charge in [-0.25, -0.2) is 0 Å². The third-order valence-electron chi connectivity index (χ3n) is 4.74. The Morgan fingerprint density at radius 1 is 0.806 bits per heavy atom. The Hall–Kier alpha value is -2.11. The van der Waals surface area contributed by atoms with Crippen LogP contribution in [-0.4, -0.2) is 20.8 Å². The molecule has 0 saturated carbocycles. The van der Waals surface area contributed by atoms with Crippen molar-refractivity contribution in [3.05, 3.63) is 87.4 Å². The molecule has 0 spiro atoms. The number of benzene rings is 3. The zero-order chi connectivity index (χ0) is 21.3. The number of methoxy groups -OCH3 is 2. The fraction of sp³-hybridized carbons (Fsp3) is 0.250. The summed E-state index contributed by atoms with van der Waals surface area (Å²) in [5, 5.41) is 4.62. The van der Waals surface area contributed by atoms with E-state index < -0.39 is 0 Å². The van der Waals surface area contributed by atoms with E-state index in [0.29, 0.717) is 21.5 Å². The molecule has 0 aliphatic heterocycles. The molecule has 0 aliphatic carbocycles. The standard InChI is InChI=1S/C24H25Cl2NO3.ClH/c1-28-19-9-6-17(7-10-19)12-13-27-15-18-8-11-23(24(14-18)29-2)30-16-20-21(25)4-3-5-22(20)26;/h3-11,14,27H,12-13,15-16H2,1-2H3;1H. The van der Waals surface area contributed by atoms with E-state index in [2.05, 4.69) is 17.4 Å². The number of halogens is 3. The minimum atomic E-state index is 0. The lowest BCUT2D eigenvalue weighted by atomic mass is 10.1. The molecule has 0 heterocycles. The van der Waals surface area contributed by atoms with Crippen molar-refractivity contribution in [2.24, 2.45) is 0 Å². The Bertz CT molecular complexity index is 945. The van der Waals surface area contributed by atoms with Gasteiger partial charge in [0.05, 0.1) is 14.2 Å². The van der Waals surface area contributed by atoms with Gasteiger partial charge in [0.25, 0.3) is 0 Å². The fourth-order valence-electron chi connectivity index (χ4n) is 3.02. The Labute approximate surface area is 199 Å². The van der Waals surface area contributed by atoms with Crippen molar-refractivity contribution in [3.63, 3.8) is 0 Å². The molecule has 0 aliphatic rings.